The molecule has 0 spiro atoms. The number of rotatable bonds is 6. The molecule has 0 atom stereocenters. The highest BCUT2D eigenvalue weighted by Gasteiger charge is 2.19. The van der Waals surface area contributed by atoms with E-state index < -0.39 is 0 Å². The summed E-state index contributed by atoms with van der Waals surface area (Å²) >= 11 is 0. The minimum Gasteiger partial charge on any atom is -0.376 e. The van der Waals surface area contributed by atoms with E-state index in [9.17, 15) is 4.39 Å². The molecule has 1 saturated heterocycles. The van der Waals surface area contributed by atoms with Crippen LogP contribution in [0.15, 0.2) is 48.5 Å². The Hall–Kier alpha value is -1.71. The van der Waals surface area contributed by atoms with E-state index in [4.69, 9.17) is 4.74 Å². The quantitative estimate of drug-likeness (QED) is 0.771. The summed E-state index contributed by atoms with van der Waals surface area (Å²) in [4.78, 5) is 2.54. The molecule has 1 aliphatic heterocycles. The highest BCUT2D eigenvalue weighted by Crippen LogP contribution is 2.21. The zero-order chi connectivity index (χ0) is 16.8. The molecule has 0 radical (unpaired) electrons. The Kier molecular flexibility index (Phi) is 6.00. The first-order chi connectivity index (χ1) is 11.7. The van der Waals surface area contributed by atoms with Gasteiger partial charge in [0.15, 0.2) is 0 Å². The van der Waals surface area contributed by atoms with Crippen molar-refractivity contribution in [3.05, 3.63) is 71.0 Å². The monoisotopic (exact) mass is 327 g/mol. The average Bonchev–Trinajstić information content (AvgIpc) is 2.60. The molecule has 2 aromatic rings. The van der Waals surface area contributed by atoms with E-state index in [1.807, 2.05) is 0 Å². The second-order valence-electron chi connectivity index (χ2n) is 6.79. The van der Waals surface area contributed by atoms with Crippen molar-refractivity contribution in [1.82, 2.24) is 4.90 Å². The van der Waals surface area contributed by atoms with Crippen LogP contribution in [0, 0.1) is 18.7 Å². The van der Waals surface area contributed by atoms with Gasteiger partial charge in [-0.2, -0.15) is 0 Å². The Bertz CT molecular complexity index is 633. The molecule has 2 nitrogen and oxygen atoms in total. The molecule has 1 heterocycles. The topological polar surface area (TPSA) is 12.5 Å². The van der Waals surface area contributed by atoms with Gasteiger partial charge in [-0.1, -0.05) is 36.4 Å². The van der Waals surface area contributed by atoms with Crippen molar-refractivity contribution in [2.24, 2.45) is 5.92 Å². The maximum absolute atomic E-state index is 12.9. The summed E-state index contributed by atoms with van der Waals surface area (Å²) in [6, 6.07) is 15.2. The summed E-state index contributed by atoms with van der Waals surface area (Å²) in [5, 5.41) is 0. The summed E-state index contributed by atoms with van der Waals surface area (Å²) in [6.07, 6.45) is 2.38. The van der Waals surface area contributed by atoms with Crippen molar-refractivity contribution in [2.45, 2.75) is 32.9 Å². The first-order valence-electron chi connectivity index (χ1n) is 8.80. The van der Waals surface area contributed by atoms with Crippen LogP contribution >= 0.6 is 0 Å². The van der Waals surface area contributed by atoms with Gasteiger partial charge in [0.05, 0.1) is 6.61 Å². The minimum atomic E-state index is -0.195. The second kappa shape index (κ2) is 8.41. The lowest BCUT2D eigenvalue weighted by atomic mass is 9.97. The number of hydrogen-bond acceptors (Lipinski definition) is 2. The maximum Gasteiger partial charge on any atom is 0.123 e. The number of hydrogen-bond donors (Lipinski definition) is 0. The average molecular weight is 327 g/mol. The molecule has 1 aliphatic rings. The van der Waals surface area contributed by atoms with Gasteiger partial charge >= 0.3 is 0 Å². The summed E-state index contributed by atoms with van der Waals surface area (Å²) in [7, 11) is 0. The molecular weight excluding hydrogens is 301 g/mol. The van der Waals surface area contributed by atoms with E-state index in [-0.39, 0.29) is 5.82 Å². The zero-order valence-corrected chi connectivity index (χ0v) is 14.4. The number of piperidine rings is 1. The standard InChI is InChI=1S/C21H26FNO/c1-17-4-2-3-5-20(17)14-23-12-10-19(11-13-23)16-24-15-18-6-8-21(22)9-7-18/h2-9,19H,10-16H2,1H3. The van der Waals surface area contributed by atoms with Gasteiger partial charge in [0, 0.05) is 13.2 Å². The normalized spacial score (nSPS) is 16.4. The van der Waals surface area contributed by atoms with Gasteiger partial charge in [0.25, 0.3) is 0 Å². The van der Waals surface area contributed by atoms with Crippen molar-refractivity contribution < 1.29 is 9.13 Å². The molecule has 1 fully saturated rings. The summed E-state index contributed by atoms with van der Waals surface area (Å²) in [5.41, 5.74) is 3.85. The number of likely N-dealkylation sites (tertiary alicyclic amines) is 1. The predicted molar refractivity (Wildman–Crippen MR) is 95.2 cm³/mol. The van der Waals surface area contributed by atoms with Gasteiger partial charge < -0.3 is 4.74 Å². The van der Waals surface area contributed by atoms with Crippen LogP contribution in [0.25, 0.3) is 0 Å². The molecule has 3 heteroatoms. The Morgan fingerprint density at radius 3 is 2.46 bits per heavy atom. The highest BCUT2D eigenvalue weighted by atomic mass is 19.1. The molecule has 3 rings (SSSR count). The second-order valence-corrected chi connectivity index (χ2v) is 6.79. The van der Waals surface area contributed by atoms with Crippen molar-refractivity contribution in [2.75, 3.05) is 19.7 Å². The molecule has 2 aromatic carbocycles. The van der Waals surface area contributed by atoms with Crippen LogP contribution in [0.2, 0.25) is 0 Å². The fourth-order valence-corrected chi connectivity index (χ4v) is 3.26. The van der Waals surface area contributed by atoms with Gasteiger partial charge in [-0.05, 0) is 67.6 Å². The summed E-state index contributed by atoms with van der Waals surface area (Å²) < 4.78 is 18.7. The van der Waals surface area contributed by atoms with E-state index in [2.05, 4.69) is 36.1 Å². The first-order valence-corrected chi connectivity index (χ1v) is 8.80. The van der Waals surface area contributed by atoms with E-state index >= 15 is 0 Å². The molecule has 0 aromatic heterocycles. The van der Waals surface area contributed by atoms with Crippen LogP contribution in [0.5, 0.6) is 0 Å². The summed E-state index contributed by atoms with van der Waals surface area (Å²) in [5.74, 6) is 0.443. The Balaban J connectivity index is 1.37. The lowest BCUT2D eigenvalue weighted by Gasteiger charge is -2.32. The van der Waals surface area contributed by atoms with Gasteiger partial charge in [-0.3, -0.25) is 4.90 Å². The number of halogens is 1. The fraction of sp³-hybridized carbons (Fsp3) is 0.429. The molecule has 0 aliphatic carbocycles. The van der Waals surface area contributed by atoms with Crippen LogP contribution in [-0.4, -0.2) is 24.6 Å². The molecule has 128 valence electrons. The molecule has 0 unspecified atom stereocenters. The van der Waals surface area contributed by atoms with E-state index in [1.165, 1.54) is 36.1 Å². The van der Waals surface area contributed by atoms with Crippen LogP contribution in [0.1, 0.15) is 29.5 Å². The lowest BCUT2D eigenvalue weighted by Crippen LogP contribution is -2.34. The third-order valence-electron chi connectivity index (χ3n) is 4.90. The molecule has 0 N–H and O–H groups in total. The third-order valence-corrected chi connectivity index (χ3v) is 4.90. The van der Waals surface area contributed by atoms with Crippen molar-refractivity contribution in [3.63, 3.8) is 0 Å². The van der Waals surface area contributed by atoms with Crippen molar-refractivity contribution in [1.29, 1.82) is 0 Å². The lowest BCUT2D eigenvalue weighted by molar-refractivity contribution is 0.0561. The Labute approximate surface area is 144 Å². The zero-order valence-electron chi connectivity index (χ0n) is 14.4. The van der Waals surface area contributed by atoms with Gasteiger partial charge in [-0.15, -0.1) is 0 Å². The molecule has 0 amide bonds. The van der Waals surface area contributed by atoms with Gasteiger partial charge in [-0.25, -0.2) is 4.39 Å². The predicted octanol–water partition coefficient (Wildman–Crippen LogP) is 4.56. The van der Waals surface area contributed by atoms with Crippen molar-refractivity contribution in [3.8, 4) is 0 Å². The van der Waals surface area contributed by atoms with Crippen LogP contribution in [0.3, 0.4) is 0 Å². The van der Waals surface area contributed by atoms with Crippen LogP contribution in [-0.2, 0) is 17.9 Å². The smallest absolute Gasteiger partial charge is 0.123 e. The van der Waals surface area contributed by atoms with Crippen LogP contribution in [0.4, 0.5) is 4.39 Å². The molecular formula is C21H26FNO. The molecule has 0 saturated carbocycles. The summed E-state index contributed by atoms with van der Waals surface area (Å²) in [6.45, 7) is 6.89. The van der Waals surface area contributed by atoms with Gasteiger partial charge in [0.2, 0.25) is 0 Å². The fourth-order valence-electron chi connectivity index (χ4n) is 3.26. The van der Waals surface area contributed by atoms with E-state index in [0.29, 0.717) is 12.5 Å². The number of ether oxygens (including phenoxy) is 1. The Morgan fingerprint density at radius 2 is 1.75 bits per heavy atom. The van der Waals surface area contributed by atoms with Gasteiger partial charge in [0.1, 0.15) is 5.82 Å². The van der Waals surface area contributed by atoms with Crippen molar-refractivity contribution >= 4 is 0 Å². The largest absolute Gasteiger partial charge is 0.376 e. The number of benzene rings is 2. The van der Waals surface area contributed by atoms with E-state index in [1.54, 1.807) is 12.1 Å². The molecule has 24 heavy (non-hydrogen) atoms. The molecule has 0 bridgehead atoms. The van der Waals surface area contributed by atoms with E-state index in [0.717, 1.165) is 31.8 Å². The third kappa shape index (κ3) is 4.89. The maximum atomic E-state index is 12.9. The van der Waals surface area contributed by atoms with Crippen LogP contribution < -0.4 is 0 Å². The Morgan fingerprint density at radius 1 is 1.04 bits per heavy atom. The highest BCUT2D eigenvalue weighted by molar-refractivity contribution is 5.25. The number of nitrogens with zero attached hydrogens (tertiary/aromatic N) is 1. The minimum absolute atomic E-state index is 0.195. The number of aryl methyl sites for hydroxylation is 1. The SMILES string of the molecule is Cc1ccccc1CN1CCC(COCc2ccc(F)cc2)CC1. The first kappa shape index (κ1) is 17.1.